The maximum atomic E-state index is 13.1. The summed E-state index contributed by atoms with van der Waals surface area (Å²) >= 11 is 0. The van der Waals surface area contributed by atoms with Crippen LogP contribution in [-0.4, -0.2) is 70.2 Å². The van der Waals surface area contributed by atoms with Gasteiger partial charge in [0.1, 0.15) is 12.1 Å². The van der Waals surface area contributed by atoms with Gasteiger partial charge in [-0.05, 0) is 79.1 Å². The van der Waals surface area contributed by atoms with Crippen LogP contribution < -0.4 is 15.4 Å². The van der Waals surface area contributed by atoms with E-state index in [1.807, 2.05) is 26.8 Å². The second kappa shape index (κ2) is 14.2. The Morgan fingerprint density at radius 1 is 1.20 bits per heavy atom. The number of nitrogens with one attached hydrogen (secondary N) is 2. The number of amides is 2. The number of fused-ring (bicyclic) bond motifs is 1. The number of rotatable bonds is 11. The highest BCUT2D eigenvalue weighted by Crippen LogP contribution is 2.37. The van der Waals surface area contributed by atoms with E-state index in [4.69, 9.17) is 9.72 Å². The minimum atomic E-state index is -0.321. The standard InChI is InChI=1S/C30H43N7O3/c1-5-9-23(19-31-4)29(39)35-30-34-25-20-32-27(40-17-16-36-14-7-6-8-15-36)18-26(25)37(30)24-12-10-22(11-13-24)28(38)33-21(2)3/h5,9,18-22,24H,4,6-8,10-17H2,1-3H3,(H,33,38)(H,34,35,39)/b9-5-,23-19+. The molecule has 2 amide bonds. The highest BCUT2D eigenvalue weighted by atomic mass is 16.5. The number of ether oxygens (including phenoxy) is 1. The lowest BCUT2D eigenvalue weighted by molar-refractivity contribution is -0.126. The second-order valence-corrected chi connectivity index (χ2v) is 11.0. The van der Waals surface area contributed by atoms with Gasteiger partial charge in [0, 0.05) is 36.8 Å². The van der Waals surface area contributed by atoms with E-state index < -0.39 is 0 Å². The Hall–Kier alpha value is -3.53. The highest BCUT2D eigenvalue weighted by Gasteiger charge is 2.30. The van der Waals surface area contributed by atoms with Crippen molar-refractivity contribution in [3.63, 3.8) is 0 Å². The zero-order valence-corrected chi connectivity index (χ0v) is 24.1. The number of piperidine rings is 1. The van der Waals surface area contributed by atoms with Crippen LogP contribution in [0.25, 0.3) is 11.0 Å². The summed E-state index contributed by atoms with van der Waals surface area (Å²) in [6, 6.07) is 2.10. The number of allylic oxidation sites excluding steroid dienone is 1. The molecule has 2 aromatic heterocycles. The highest BCUT2D eigenvalue weighted by molar-refractivity contribution is 6.05. The number of imidazole rings is 1. The number of pyridine rings is 1. The maximum absolute atomic E-state index is 13.1. The molecular weight excluding hydrogens is 506 g/mol. The van der Waals surface area contributed by atoms with Crippen LogP contribution in [0.4, 0.5) is 5.95 Å². The minimum absolute atomic E-state index is 0.00952. The zero-order valence-electron chi connectivity index (χ0n) is 24.1. The largest absolute Gasteiger partial charge is 0.476 e. The summed E-state index contributed by atoms with van der Waals surface area (Å²) in [6.45, 7) is 13.0. The van der Waals surface area contributed by atoms with Crippen LogP contribution >= 0.6 is 0 Å². The lowest BCUT2D eigenvalue weighted by Gasteiger charge is -2.30. The first-order chi connectivity index (χ1) is 19.4. The van der Waals surface area contributed by atoms with Gasteiger partial charge in [-0.3, -0.25) is 24.8 Å². The van der Waals surface area contributed by atoms with E-state index in [0.29, 0.717) is 29.5 Å². The molecule has 2 aromatic rings. The van der Waals surface area contributed by atoms with Gasteiger partial charge in [-0.15, -0.1) is 0 Å². The van der Waals surface area contributed by atoms with Gasteiger partial charge in [-0.2, -0.15) is 0 Å². The molecule has 1 saturated heterocycles. The van der Waals surface area contributed by atoms with Gasteiger partial charge in [0.05, 0.1) is 17.3 Å². The summed E-state index contributed by atoms with van der Waals surface area (Å²) < 4.78 is 8.15. The Kier molecular flexibility index (Phi) is 10.5. The summed E-state index contributed by atoms with van der Waals surface area (Å²) in [5, 5.41) is 6.03. The third-order valence-corrected chi connectivity index (χ3v) is 7.58. The molecule has 2 fully saturated rings. The van der Waals surface area contributed by atoms with Crippen molar-refractivity contribution >= 4 is 35.5 Å². The van der Waals surface area contributed by atoms with Gasteiger partial charge >= 0.3 is 0 Å². The molecule has 10 heteroatoms. The number of hydrogen-bond donors (Lipinski definition) is 2. The van der Waals surface area contributed by atoms with Crippen molar-refractivity contribution in [3.8, 4) is 5.88 Å². The predicted octanol–water partition coefficient (Wildman–Crippen LogP) is 4.65. The van der Waals surface area contributed by atoms with Crippen LogP contribution in [0.1, 0.15) is 71.8 Å². The van der Waals surface area contributed by atoms with Crippen LogP contribution in [-0.2, 0) is 9.59 Å². The smallest absolute Gasteiger partial charge is 0.259 e. The molecule has 216 valence electrons. The topological polar surface area (TPSA) is 114 Å². The fraction of sp³-hybridized carbons (Fsp3) is 0.567. The molecular formula is C30H43N7O3. The molecule has 1 aliphatic heterocycles. The lowest BCUT2D eigenvalue weighted by atomic mass is 9.85. The number of carbonyl (C=O) groups is 2. The molecule has 10 nitrogen and oxygen atoms in total. The number of likely N-dealkylation sites (tertiary alicyclic amines) is 1. The number of carbonyl (C=O) groups excluding carboxylic acids is 2. The Labute approximate surface area is 237 Å². The first kappa shape index (κ1) is 29.5. The molecule has 2 aliphatic rings. The molecule has 0 bridgehead atoms. The van der Waals surface area contributed by atoms with E-state index >= 15 is 0 Å². The number of hydrogen-bond acceptors (Lipinski definition) is 7. The van der Waals surface area contributed by atoms with E-state index in [-0.39, 0.29) is 29.8 Å². The van der Waals surface area contributed by atoms with Crippen molar-refractivity contribution < 1.29 is 14.3 Å². The van der Waals surface area contributed by atoms with E-state index in [1.54, 1.807) is 18.3 Å². The average molecular weight is 550 g/mol. The van der Waals surface area contributed by atoms with Crippen LogP contribution in [0.15, 0.2) is 41.2 Å². The molecule has 40 heavy (non-hydrogen) atoms. The van der Waals surface area contributed by atoms with E-state index in [1.165, 1.54) is 25.5 Å². The summed E-state index contributed by atoms with van der Waals surface area (Å²) in [7, 11) is 0. The zero-order chi connectivity index (χ0) is 28.5. The van der Waals surface area contributed by atoms with Gasteiger partial charge in [-0.1, -0.05) is 18.6 Å². The Balaban J connectivity index is 1.57. The molecule has 0 radical (unpaired) electrons. The molecule has 1 saturated carbocycles. The summed E-state index contributed by atoms with van der Waals surface area (Å²) in [6.07, 6.45) is 13.5. The molecule has 2 N–H and O–H groups in total. The van der Waals surface area contributed by atoms with Gasteiger partial charge in [0.2, 0.25) is 17.7 Å². The number of nitrogens with zero attached hydrogens (tertiary/aromatic N) is 5. The Morgan fingerprint density at radius 2 is 1.95 bits per heavy atom. The average Bonchev–Trinajstić information content (AvgIpc) is 3.30. The van der Waals surface area contributed by atoms with Crippen LogP contribution in [0.3, 0.4) is 0 Å². The van der Waals surface area contributed by atoms with Crippen molar-refractivity contribution in [2.75, 3.05) is 31.6 Å². The first-order valence-corrected chi connectivity index (χ1v) is 14.5. The fourth-order valence-electron chi connectivity index (χ4n) is 5.61. The summed E-state index contributed by atoms with van der Waals surface area (Å²) in [5.74, 6) is 0.771. The summed E-state index contributed by atoms with van der Waals surface area (Å²) in [4.78, 5) is 41.2. The third kappa shape index (κ3) is 7.56. The van der Waals surface area contributed by atoms with Gasteiger partial charge in [-0.25, -0.2) is 9.97 Å². The normalized spacial score (nSPS) is 20.6. The second-order valence-electron chi connectivity index (χ2n) is 11.0. The van der Waals surface area contributed by atoms with Crippen molar-refractivity contribution in [1.29, 1.82) is 0 Å². The Morgan fingerprint density at radius 3 is 2.62 bits per heavy atom. The molecule has 0 unspecified atom stereocenters. The van der Waals surface area contributed by atoms with E-state index in [2.05, 4.69) is 36.8 Å². The molecule has 3 heterocycles. The van der Waals surface area contributed by atoms with Crippen LogP contribution in [0.2, 0.25) is 0 Å². The van der Waals surface area contributed by atoms with Crippen molar-refractivity contribution in [2.24, 2.45) is 10.9 Å². The molecule has 0 spiro atoms. The first-order valence-electron chi connectivity index (χ1n) is 14.5. The monoisotopic (exact) mass is 549 g/mol. The maximum Gasteiger partial charge on any atom is 0.259 e. The van der Waals surface area contributed by atoms with Crippen molar-refractivity contribution in [2.45, 2.75) is 77.8 Å². The van der Waals surface area contributed by atoms with Crippen LogP contribution in [0, 0.1) is 5.92 Å². The van der Waals surface area contributed by atoms with Gasteiger partial charge in [0.15, 0.2) is 0 Å². The van der Waals surface area contributed by atoms with Crippen molar-refractivity contribution in [3.05, 3.63) is 36.2 Å². The van der Waals surface area contributed by atoms with E-state index in [9.17, 15) is 9.59 Å². The Bertz CT molecular complexity index is 1240. The quantitative estimate of drug-likeness (QED) is 0.240. The third-order valence-electron chi connectivity index (χ3n) is 7.58. The molecule has 0 atom stereocenters. The number of anilines is 1. The van der Waals surface area contributed by atoms with Crippen LogP contribution in [0.5, 0.6) is 5.88 Å². The lowest BCUT2D eigenvalue weighted by Crippen LogP contribution is -2.37. The predicted molar refractivity (Wildman–Crippen MR) is 159 cm³/mol. The number of aliphatic imine (C=N–C) groups is 1. The van der Waals surface area contributed by atoms with Gasteiger partial charge < -0.3 is 14.6 Å². The SMILES string of the molecule is C=N/C=C(\C=C/C)C(=O)Nc1nc2cnc(OCCN3CCCCC3)cc2n1C1CCC(C(=O)NC(C)C)CC1. The molecule has 0 aromatic carbocycles. The fourth-order valence-corrected chi connectivity index (χ4v) is 5.61. The summed E-state index contributed by atoms with van der Waals surface area (Å²) in [5.41, 5.74) is 1.91. The van der Waals surface area contributed by atoms with Crippen molar-refractivity contribution in [1.82, 2.24) is 24.8 Å². The van der Waals surface area contributed by atoms with Gasteiger partial charge in [0.25, 0.3) is 5.91 Å². The molecule has 1 aliphatic carbocycles. The van der Waals surface area contributed by atoms with E-state index in [0.717, 1.165) is 50.8 Å². The molecule has 4 rings (SSSR count). The number of aromatic nitrogens is 3. The minimum Gasteiger partial charge on any atom is -0.476 e.